The second-order valence-electron chi connectivity index (χ2n) is 4.94. The highest BCUT2D eigenvalue weighted by Crippen LogP contribution is 2.29. The van der Waals surface area contributed by atoms with Crippen LogP contribution < -0.4 is 10.6 Å². The predicted molar refractivity (Wildman–Crippen MR) is 64.3 cm³/mol. The zero-order chi connectivity index (χ0) is 11.4. The Hall–Kier alpha value is -0.610. The maximum Gasteiger partial charge on any atom is 0.219 e. The van der Waals surface area contributed by atoms with Crippen LogP contribution >= 0.6 is 0 Å². The largest absolute Gasteiger partial charge is 0.359 e. The Balaban J connectivity index is 1.52. The third-order valence-corrected chi connectivity index (χ3v) is 3.58. The van der Waals surface area contributed by atoms with Gasteiger partial charge in [0, 0.05) is 38.6 Å². The summed E-state index contributed by atoms with van der Waals surface area (Å²) in [5, 5.41) is 6.20. The van der Waals surface area contributed by atoms with Gasteiger partial charge in [0.25, 0.3) is 0 Å². The van der Waals surface area contributed by atoms with E-state index < -0.39 is 0 Å². The Morgan fingerprint density at radius 3 is 2.88 bits per heavy atom. The van der Waals surface area contributed by atoms with E-state index in [1.807, 2.05) is 0 Å². The van der Waals surface area contributed by atoms with Gasteiger partial charge in [-0.15, -0.1) is 0 Å². The van der Waals surface area contributed by atoms with E-state index in [4.69, 9.17) is 0 Å². The van der Waals surface area contributed by atoms with Gasteiger partial charge >= 0.3 is 0 Å². The minimum atomic E-state index is 0.146. The van der Waals surface area contributed by atoms with Crippen LogP contribution in [0.25, 0.3) is 0 Å². The second kappa shape index (κ2) is 5.64. The molecule has 1 saturated carbocycles. The highest BCUT2D eigenvalue weighted by Gasteiger charge is 2.33. The van der Waals surface area contributed by atoms with Gasteiger partial charge in [-0.1, -0.05) is 0 Å². The van der Waals surface area contributed by atoms with Gasteiger partial charge in [-0.3, -0.25) is 9.69 Å². The van der Waals surface area contributed by atoms with Crippen LogP contribution in [0.1, 0.15) is 32.1 Å². The number of rotatable bonds is 6. The van der Waals surface area contributed by atoms with Crippen molar-refractivity contribution < 1.29 is 4.79 Å². The van der Waals surface area contributed by atoms with Crippen molar-refractivity contribution >= 4 is 5.91 Å². The molecule has 0 aromatic rings. The monoisotopic (exact) mass is 225 g/mol. The standard InChI is InChI=1S/C12H23N3O/c1-13-12(16)3-2-7-14-10-6-8-15(9-10)11-4-5-11/h10-11,14H,2-9H2,1H3,(H,13,16). The van der Waals surface area contributed by atoms with Crippen molar-refractivity contribution in [2.75, 3.05) is 26.7 Å². The number of hydrogen-bond donors (Lipinski definition) is 2. The molecule has 1 aliphatic carbocycles. The molecular weight excluding hydrogens is 202 g/mol. The molecule has 4 nitrogen and oxygen atoms in total. The van der Waals surface area contributed by atoms with Gasteiger partial charge in [0.15, 0.2) is 0 Å². The number of hydrogen-bond acceptors (Lipinski definition) is 3. The summed E-state index contributed by atoms with van der Waals surface area (Å²) in [6.07, 6.45) is 5.67. The van der Waals surface area contributed by atoms with Crippen molar-refractivity contribution in [3.8, 4) is 0 Å². The van der Waals surface area contributed by atoms with Crippen molar-refractivity contribution in [2.45, 2.75) is 44.2 Å². The van der Waals surface area contributed by atoms with Gasteiger partial charge in [0.2, 0.25) is 5.91 Å². The molecule has 2 N–H and O–H groups in total. The van der Waals surface area contributed by atoms with E-state index in [0.29, 0.717) is 12.5 Å². The van der Waals surface area contributed by atoms with Crippen LogP contribution in [-0.2, 0) is 4.79 Å². The predicted octanol–water partition coefficient (Wildman–Crippen LogP) is 0.339. The van der Waals surface area contributed by atoms with E-state index in [2.05, 4.69) is 15.5 Å². The topological polar surface area (TPSA) is 44.4 Å². The molecule has 1 amide bonds. The molecule has 16 heavy (non-hydrogen) atoms. The molecule has 1 heterocycles. The highest BCUT2D eigenvalue weighted by atomic mass is 16.1. The van der Waals surface area contributed by atoms with E-state index >= 15 is 0 Å². The summed E-state index contributed by atoms with van der Waals surface area (Å²) in [6.45, 7) is 3.44. The van der Waals surface area contributed by atoms with Gasteiger partial charge in [-0.2, -0.15) is 0 Å². The Morgan fingerprint density at radius 2 is 2.19 bits per heavy atom. The van der Waals surface area contributed by atoms with E-state index in [-0.39, 0.29) is 5.91 Å². The lowest BCUT2D eigenvalue weighted by Crippen LogP contribution is -2.34. The van der Waals surface area contributed by atoms with Crippen molar-refractivity contribution in [1.82, 2.24) is 15.5 Å². The van der Waals surface area contributed by atoms with Crippen LogP contribution in [0.15, 0.2) is 0 Å². The van der Waals surface area contributed by atoms with Gasteiger partial charge in [-0.25, -0.2) is 0 Å². The summed E-state index contributed by atoms with van der Waals surface area (Å²) in [4.78, 5) is 13.6. The van der Waals surface area contributed by atoms with Crippen LogP contribution in [-0.4, -0.2) is 49.6 Å². The van der Waals surface area contributed by atoms with Crippen LogP contribution in [0.4, 0.5) is 0 Å². The summed E-state index contributed by atoms with van der Waals surface area (Å²) >= 11 is 0. The van der Waals surface area contributed by atoms with Crippen LogP contribution in [0, 0.1) is 0 Å². The molecule has 1 aliphatic heterocycles. The molecule has 0 spiro atoms. The number of carbonyl (C=O) groups is 1. The molecule has 2 fully saturated rings. The number of nitrogens with zero attached hydrogens (tertiary/aromatic N) is 1. The first-order valence-electron chi connectivity index (χ1n) is 6.47. The maximum absolute atomic E-state index is 11.0. The van der Waals surface area contributed by atoms with Crippen LogP contribution in [0.2, 0.25) is 0 Å². The Bertz CT molecular complexity index is 240. The van der Waals surface area contributed by atoms with Gasteiger partial charge in [-0.05, 0) is 32.2 Å². The summed E-state index contributed by atoms with van der Waals surface area (Å²) in [5.74, 6) is 0.146. The molecule has 92 valence electrons. The molecule has 2 aliphatic rings. The minimum absolute atomic E-state index is 0.146. The lowest BCUT2D eigenvalue weighted by atomic mass is 10.2. The molecule has 1 atom stereocenters. The van der Waals surface area contributed by atoms with Gasteiger partial charge in [0.05, 0.1) is 0 Å². The van der Waals surface area contributed by atoms with Crippen LogP contribution in [0.5, 0.6) is 0 Å². The fraction of sp³-hybridized carbons (Fsp3) is 0.917. The average Bonchev–Trinajstić information content (AvgIpc) is 3.05. The Labute approximate surface area is 97.8 Å². The number of amides is 1. The average molecular weight is 225 g/mol. The third kappa shape index (κ3) is 3.46. The van der Waals surface area contributed by atoms with E-state index in [1.165, 1.54) is 32.4 Å². The summed E-state index contributed by atoms with van der Waals surface area (Å²) in [7, 11) is 1.69. The first-order valence-corrected chi connectivity index (χ1v) is 6.47. The third-order valence-electron chi connectivity index (χ3n) is 3.58. The first-order chi connectivity index (χ1) is 7.79. The zero-order valence-corrected chi connectivity index (χ0v) is 10.2. The fourth-order valence-electron chi connectivity index (χ4n) is 2.41. The van der Waals surface area contributed by atoms with E-state index in [9.17, 15) is 4.79 Å². The highest BCUT2D eigenvalue weighted by molar-refractivity contribution is 5.75. The molecule has 0 aromatic heterocycles. The number of carbonyl (C=O) groups excluding carboxylic acids is 1. The van der Waals surface area contributed by atoms with Gasteiger partial charge < -0.3 is 10.6 Å². The van der Waals surface area contributed by atoms with E-state index in [0.717, 1.165) is 19.0 Å². The summed E-state index contributed by atoms with van der Waals surface area (Å²) in [5.41, 5.74) is 0. The van der Waals surface area contributed by atoms with Crippen molar-refractivity contribution in [2.24, 2.45) is 0 Å². The summed E-state index contributed by atoms with van der Waals surface area (Å²) < 4.78 is 0. The minimum Gasteiger partial charge on any atom is -0.359 e. The van der Waals surface area contributed by atoms with Gasteiger partial charge in [0.1, 0.15) is 0 Å². The van der Waals surface area contributed by atoms with Crippen LogP contribution in [0.3, 0.4) is 0 Å². The Kier molecular flexibility index (Phi) is 4.18. The summed E-state index contributed by atoms with van der Waals surface area (Å²) in [6, 6.07) is 1.56. The molecule has 4 heteroatoms. The number of nitrogens with one attached hydrogen (secondary N) is 2. The molecule has 0 radical (unpaired) electrons. The molecule has 1 unspecified atom stereocenters. The van der Waals surface area contributed by atoms with E-state index in [1.54, 1.807) is 7.05 Å². The molecule has 0 aromatic carbocycles. The second-order valence-corrected chi connectivity index (χ2v) is 4.94. The maximum atomic E-state index is 11.0. The quantitative estimate of drug-likeness (QED) is 0.641. The number of likely N-dealkylation sites (tertiary alicyclic amines) is 1. The van der Waals surface area contributed by atoms with Crippen molar-refractivity contribution in [3.63, 3.8) is 0 Å². The molecule has 0 bridgehead atoms. The van der Waals surface area contributed by atoms with Crippen molar-refractivity contribution in [1.29, 1.82) is 0 Å². The lowest BCUT2D eigenvalue weighted by Gasteiger charge is -2.15. The fourth-order valence-corrected chi connectivity index (χ4v) is 2.41. The van der Waals surface area contributed by atoms with Crippen molar-refractivity contribution in [3.05, 3.63) is 0 Å². The molecule has 2 rings (SSSR count). The Morgan fingerprint density at radius 1 is 1.38 bits per heavy atom. The smallest absolute Gasteiger partial charge is 0.219 e. The lowest BCUT2D eigenvalue weighted by molar-refractivity contribution is -0.120. The zero-order valence-electron chi connectivity index (χ0n) is 10.2. The molecular formula is C12H23N3O. The molecule has 1 saturated heterocycles. The first kappa shape index (κ1) is 11.9. The normalized spacial score (nSPS) is 25.9. The SMILES string of the molecule is CNC(=O)CCCNC1CCN(C2CC2)C1.